The number of carbonyl (C=O) groups is 1. The van der Waals surface area contributed by atoms with Gasteiger partial charge in [-0.25, -0.2) is 18.6 Å². The van der Waals surface area contributed by atoms with Crippen LogP contribution in [0, 0.1) is 6.92 Å². The maximum absolute atomic E-state index is 12.6. The molecule has 0 spiro atoms. The highest BCUT2D eigenvalue weighted by molar-refractivity contribution is 9.10. The number of hydrogen-bond acceptors (Lipinski definition) is 3. The number of methoxy groups -OCH3 is 1. The van der Waals surface area contributed by atoms with Crippen molar-refractivity contribution in [3.63, 3.8) is 0 Å². The highest BCUT2D eigenvalue weighted by Gasteiger charge is 2.23. The number of halogens is 3. The van der Waals surface area contributed by atoms with E-state index in [1.54, 1.807) is 0 Å². The van der Waals surface area contributed by atoms with Crippen LogP contribution in [0.5, 0.6) is 0 Å². The first-order chi connectivity index (χ1) is 6.99. The molecule has 1 aromatic rings. The first kappa shape index (κ1) is 12.0. The van der Waals surface area contributed by atoms with Crippen LogP contribution in [0.2, 0.25) is 0 Å². The van der Waals surface area contributed by atoms with Crippen LogP contribution in [0.1, 0.15) is 27.9 Å². The van der Waals surface area contributed by atoms with Crippen molar-refractivity contribution >= 4 is 21.9 Å². The molecule has 0 amide bonds. The minimum atomic E-state index is -2.75. The van der Waals surface area contributed by atoms with Gasteiger partial charge in [0.1, 0.15) is 4.60 Å². The molecule has 0 saturated carbocycles. The number of hydrogen-bond donors (Lipinski definition) is 0. The average molecular weight is 280 g/mol. The molecule has 0 saturated heterocycles. The summed E-state index contributed by atoms with van der Waals surface area (Å²) < 4.78 is 29.9. The topological polar surface area (TPSA) is 39.2 Å². The molecule has 0 aliphatic heterocycles. The SMILES string of the molecule is COC(=O)c1c(C(F)F)cnc(Br)c1C. The van der Waals surface area contributed by atoms with E-state index in [4.69, 9.17) is 0 Å². The van der Waals surface area contributed by atoms with E-state index in [1.165, 1.54) is 6.92 Å². The van der Waals surface area contributed by atoms with Crippen LogP contribution in [0.25, 0.3) is 0 Å². The highest BCUT2D eigenvalue weighted by Crippen LogP contribution is 2.28. The third-order valence-corrected chi connectivity index (χ3v) is 2.71. The molecule has 0 unspecified atom stereocenters. The molecule has 15 heavy (non-hydrogen) atoms. The molecule has 0 atom stereocenters. The Balaban J connectivity index is 3.41. The quantitative estimate of drug-likeness (QED) is 0.617. The zero-order valence-corrected chi connectivity index (χ0v) is 9.64. The molecule has 0 fully saturated rings. The lowest BCUT2D eigenvalue weighted by atomic mass is 10.1. The smallest absolute Gasteiger partial charge is 0.338 e. The number of pyridine rings is 1. The largest absolute Gasteiger partial charge is 0.465 e. The second-order valence-corrected chi connectivity index (χ2v) is 3.55. The number of ether oxygens (including phenoxy) is 1. The van der Waals surface area contributed by atoms with Gasteiger partial charge in [-0.1, -0.05) is 0 Å². The van der Waals surface area contributed by atoms with Gasteiger partial charge in [-0.3, -0.25) is 0 Å². The van der Waals surface area contributed by atoms with Crippen LogP contribution in [-0.4, -0.2) is 18.1 Å². The van der Waals surface area contributed by atoms with E-state index in [9.17, 15) is 13.6 Å². The van der Waals surface area contributed by atoms with E-state index in [0.29, 0.717) is 10.2 Å². The Morgan fingerprint density at radius 3 is 2.67 bits per heavy atom. The van der Waals surface area contributed by atoms with Crippen molar-refractivity contribution in [3.05, 3.63) is 27.5 Å². The van der Waals surface area contributed by atoms with Crippen molar-refractivity contribution in [2.75, 3.05) is 7.11 Å². The number of esters is 1. The summed E-state index contributed by atoms with van der Waals surface area (Å²) in [4.78, 5) is 15.0. The van der Waals surface area contributed by atoms with Crippen LogP contribution in [-0.2, 0) is 4.74 Å². The summed E-state index contributed by atoms with van der Waals surface area (Å²) in [6, 6.07) is 0. The maximum Gasteiger partial charge on any atom is 0.338 e. The molecule has 1 aromatic heterocycles. The predicted octanol–water partition coefficient (Wildman–Crippen LogP) is 2.88. The van der Waals surface area contributed by atoms with Gasteiger partial charge in [-0.15, -0.1) is 0 Å². The van der Waals surface area contributed by atoms with E-state index in [-0.39, 0.29) is 5.56 Å². The zero-order valence-electron chi connectivity index (χ0n) is 8.05. The fraction of sp³-hybridized carbons (Fsp3) is 0.333. The number of nitrogens with zero attached hydrogens (tertiary/aromatic N) is 1. The van der Waals surface area contributed by atoms with Gasteiger partial charge >= 0.3 is 5.97 Å². The average Bonchev–Trinajstić information content (AvgIpc) is 2.20. The summed E-state index contributed by atoms with van der Waals surface area (Å²) in [5.74, 6) is -0.786. The third kappa shape index (κ3) is 2.31. The minimum Gasteiger partial charge on any atom is -0.465 e. The summed E-state index contributed by atoms with van der Waals surface area (Å²) in [5, 5.41) is 0. The van der Waals surface area contributed by atoms with Crippen molar-refractivity contribution in [1.82, 2.24) is 4.98 Å². The van der Waals surface area contributed by atoms with E-state index < -0.39 is 18.0 Å². The molecular formula is C9H8BrF2NO2. The number of alkyl halides is 2. The van der Waals surface area contributed by atoms with Gasteiger partial charge in [-0.2, -0.15) is 0 Å². The first-order valence-electron chi connectivity index (χ1n) is 4.00. The molecule has 6 heteroatoms. The van der Waals surface area contributed by atoms with Crippen molar-refractivity contribution < 1.29 is 18.3 Å². The Morgan fingerprint density at radius 2 is 2.20 bits per heavy atom. The summed E-state index contributed by atoms with van der Waals surface area (Å²) in [6.45, 7) is 1.52. The van der Waals surface area contributed by atoms with Gasteiger partial charge < -0.3 is 4.74 Å². The number of aromatic nitrogens is 1. The monoisotopic (exact) mass is 279 g/mol. The molecule has 82 valence electrons. The zero-order chi connectivity index (χ0) is 11.6. The highest BCUT2D eigenvalue weighted by atomic mass is 79.9. The van der Waals surface area contributed by atoms with E-state index in [1.807, 2.05) is 0 Å². The second kappa shape index (κ2) is 4.65. The van der Waals surface area contributed by atoms with Gasteiger partial charge in [0.25, 0.3) is 6.43 Å². The van der Waals surface area contributed by atoms with E-state index >= 15 is 0 Å². The van der Waals surface area contributed by atoms with Crippen molar-refractivity contribution in [1.29, 1.82) is 0 Å². The fourth-order valence-corrected chi connectivity index (χ4v) is 1.45. The Kier molecular flexibility index (Phi) is 3.73. The van der Waals surface area contributed by atoms with E-state index in [0.717, 1.165) is 13.3 Å². The van der Waals surface area contributed by atoms with Crippen LogP contribution in [0.3, 0.4) is 0 Å². The van der Waals surface area contributed by atoms with Crippen molar-refractivity contribution in [3.8, 4) is 0 Å². The molecule has 3 nitrogen and oxygen atoms in total. The maximum atomic E-state index is 12.6. The number of rotatable bonds is 2. The molecule has 0 radical (unpaired) electrons. The van der Waals surface area contributed by atoms with Crippen LogP contribution in [0.15, 0.2) is 10.8 Å². The molecule has 0 aliphatic carbocycles. The number of carbonyl (C=O) groups excluding carboxylic acids is 1. The first-order valence-corrected chi connectivity index (χ1v) is 4.79. The van der Waals surface area contributed by atoms with Gasteiger partial charge in [0, 0.05) is 6.20 Å². The lowest BCUT2D eigenvalue weighted by Crippen LogP contribution is -2.10. The van der Waals surface area contributed by atoms with Gasteiger partial charge in [0.15, 0.2) is 0 Å². The lowest BCUT2D eigenvalue weighted by molar-refractivity contribution is 0.0588. The molecule has 1 heterocycles. The normalized spacial score (nSPS) is 10.5. The standard InChI is InChI=1S/C9H8BrF2NO2/c1-4-6(9(14)15-2)5(8(11)12)3-13-7(4)10/h3,8H,1-2H3. The minimum absolute atomic E-state index is 0.130. The van der Waals surface area contributed by atoms with Crippen molar-refractivity contribution in [2.24, 2.45) is 0 Å². The fourth-order valence-electron chi connectivity index (χ4n) is 1.15. The molecule has 0 aromatic carbocycles. The molecule has 0 aliphatic rings. The molecule has 0 N–H and O–H groups in total. The molecular weight excluding hydrogens is 272 g/mol. The summed E-state index contributed by atoms with van der Waals surface area (Å²) >= 11 is 3.06. The lowest BCUT2D eigenvalue weighted by Gasteiger charge is -2.10. The Hall–Kier alpha value is -1.04. The Bertz CT molecular complexity index is 396. The summed E-state index contributed by atoms with van der Waals surface area (Å²) in [6.07, 6.45) is -1.79. The molecule has 1 rings (SSSR count). The van der Waals surface area contributed by atoms with Crippen molar-refractivity contribution in [2.45, 2.75) is 13.3 Å². The van der Waals surface area contributed by atoms with Gasteiger partial charge in [-0.05, 0) is 28.4 Å². The predicted molar refractivity (Wildman–Crippen MR) is 53.0 cm³/mol. The van der Waals surface area contributed by atoms with Gasteiger partial charge in [0.2, 0.25) is 0 Å². The Morgan fingerprint density at radius 1 is 1.60 bits per heavy atom. The summed E-state index contributed by atoms with van der Waals surface area (Å²) in [7, 11) is 1.14. The second-order valence-electron chi connectivity index (χ2n) is 2.80. The van der Waals surface area contributed by atoms with Gasteiger partial charge in [0.05, 0.1) is 18.2 Å². The molecule has 0 bridgehead atoms. The van der Waals surface area contributed by atoms with Crippen LogP contribution >= 0.6 is 15.9 Å². The van der Waals surface area contributed by atoms with Crippen LogP contribution < -0.4 is 0 Å². The van der Waals surface area contributed by atoms with Crippen LogP contribution in [0.4, 0.5) is 8.78 Å². The third-order valence-electron chi connectivity index (χ3n) is 1.91. The van der Waals surface area contributed by atoms with E-state index in [2.05, 4.69) is 25.7 Å². The Labute approximate surface area is 93.6 Å². The summed E-state index contributed by atoms with van der Waals surface area (Å²) in [5.41, 5.74) is -0.198.